The Morgan fingerprint density at radius 1 is 1.24 bits per heavy atom. The maximum Gasteiger partial charge on any atom is 0.433 e. The van der Waals surface area contributed by atoms with Crippen molar-refractivity contribution in [1.82, 2.24) is 19.9 Å². The monoisotopic (exact) mass is 368 g/mol. The van der Waals surface area contributed by atoms with E-state index in [-0.39, 0.29) is 17.0 Å². The third-order valence-corrected chi connectivity index (χ3v) is 4.10. The van der Waals surface area contributed by atoms with Gasteiger partial charge in [0.1, 0.15) is 0 Å². The fourth-order valence-electron chi connectivity index (χ4n) is 2.24. The summed E-state index contributed by atoms with van der Waals surface area (Å²) in [6.07, 6.45) is -4.63. The minimum absolute atomic E-state index is 0.0303. The van der Waals surface area contributed by atoms with Crippen LogP contribution in [0.1, 0.15) is 37.0 Å². The highest BCUT2D eigenvalue weighted by Crippen LogP contribution is 2.33. The fourth-order valence-corrected chi connectivity index (χ4v) is 2.93. The van der Waals surface area contributed by atoms with E-state index in [4.69, 9.17) is 0 Å². The van der Waals surface area contributed by atoms with Gasteiger partial charge in [-0.2, -0.15) is 18.3 Å². The topological polar surface area (TPSA) is 59.3 Å². The molecule has 1 amide bonds. The van der Waals surface area contributed by atoms with Crippen molar-refractivity contribution in [2.45, 2.75) is 32.5 Å². The predicted octanol–water partition coefficient (Wildman–Crippen LogP) is 4.00. The Morgan fingerprint density at radius 2 is 1.96 bits per heavy atom. The Bertz CT molecular complexity index is 923. The highest BCUT2D eigenvalue weighted by Gasteiger charge is 2.36. The molecule has 5 nitrogen and oxygen atoms in total. The molecule has 1 N–H and O–H groups in total. The van der Waals surface area contributed by atoms with Crippen molar-refractivity contribution >= 4 is 22.9 Å². The van der Waals surface area contributed by atoms with Gasteiger partial charge in [-0.05, 0) is 38.3 Å². The molecule has 0 unspecified atom stereocenters. The smallest absolute Gasteiger partial charge is 0.346 e. The number of fused-ring (bicyclic) bond motifs is 1. The number of alkyl halides is 3. The first-order valence-electron chi connectivity index (χ1n) is 7.39. The molecule has 25 heavy (non-hydrogen) atoms. The van der Waals surface area contributed by atoms with Crippen LogP contribution in [0.4, 0.5) is 13.2 Å². The number of hydrogen-bond acceptors (Lipinski definition) is 4. The Labute approximate surface area is 145 Å². The summed E-state index contributed by atoms with van der Waals surface area (Å²) < 4.78 is 41.0. The molecule has 3 rings (SSSR count). The van der Waals surface area contributed by atoms with Crippen molar-refractivity contribution in [3.63, 3.8) is 0 Å². The summed E-state index contributed by atoms with van der Waals surface area (Å²) >= 11 is 1.29. The van der Waals surface area contributed by atoms with Gasteiger partial charge in [-0.1, -0.05) is 6.07 Å². The van der Waals surface area contributed by atoms with Crippen LogP contribution in [0.25, 0.3) is 16.2 Å². The maximum absolute atomic E-state index is 13.4. The summed E-state index contributed by atoms with van der Waals surface area (Å²) in [5, 5.41) is 8.24. The van der Waals surface area contributed by atoms with E-state index in [2.05, 4.69) is 15.4 Å². The number of halogens is 3. The number of carbonyl (C=O) groups is 1. The number of nitrogens with one attached hydrogen (secondary N) is 1. The van der Waals surface area contributed by atoms with E-state index in [1.165, 1.54) is 17.4 Å². The van der Waals surface area contributed by atoms with Crippen LogP contribution >= 0.6 is 11.3 Å². The molecule has 0 radical (unpaired) electrons. The zero-order valence-electron chi connectivity index (χ0n) is 13.7. The van der Waals surface area contributed by atoms with Gasteiger partial charge < -0.3 is 5.32 Å². The standard InChI is InChI=1S/C16H15F3N4OS/c1-15(2,3)21-14(24)10-8-13-20-9(11-5-4-6-25-11)7-12(16(17,18)19)23(13)22-10/h4-8H,1-3H3,(H,21,24). The van der Waals surface area contributed by atoms with Gasteiger partial charge in [0, 0.05) is 11.6 Å². The first-order chi connectivity index (χ1) is 11.5. The molecule has 3 aromatic rings. The normalized spacial score (nSPS) is 12.6. The van der Waals surface area contributed by atoms with Gasteiger partial charge in [0.15, 0.2) is 17.0 Å². The quantitative estimate of drug-likeness (QED) is 0.744. The Hall–Kier alpha value is -2.42. The van der Waals surface area contributed by atoms with Crippen LogP contribution in [0.15, 0.2) is 29.6 Å². The molecule has 0 aromatic carbocycles. The number of carbonyl (C=O) groups excluding carboxylic acids is 1. The molecule has 0 spiro atoms. The van der Waals surface area contributed by atoms with Crippen LogP contribution < -0.4 is 5.32 Å². The third kappa shape index (κ3) is 3.65. The van der Waals surface area contributed by atoms with Crippen LogP contribution in [0.2, 0.25) is 0 Å². The molecule has 3 aromatic heterocycles. The number of rotatable bonds is 2. The molecular weight excluding hydrogens is 353 g/mol. The maximum atomic E-state index is 13.4. The van der Waals surface area contributed by atoms with Gasteiger partial charge in [-0.3, -0.25) is 4.79 Å². The Balaban J connectivity index is 2.16. The second kappa shape index (κ2) is 5.83. The Kier molecular flexibility index (Phi) is 4.06. The second-order valence-corrected chi connectivity index (χ2v) is 7.45. The molecule has 132 valence electrons. The van der Waals surface area contributed by atoms with Crippen molar-refractivity contribution in [3.8, 4) is 10.6 Å². The molecule has 0 saturated heterocycles. The van der Waals surface area contributed by atoms with Gasteiger partial charge >= 0.3 is 6.18 Å². The molecule has 0 saturated carbocycles. The average molecular weight is 368 g/mol. The van der Waals surface area contributed by atoms with Crippen LogP contribution in [0, 0.1) is 0 Å². The van der Waals surface area contributed by atoms with Gasteiger partial charge in [0.25, 0.3) is 5.91 Å². The molecule has 0 fully saturated rings. The second-order valence-electron chi connectivity index (χ2n) is 6.51. The van der Waals surface area contributed by atoms with Gasteiger partial charge in [0.2, 0.25) is 0 Å². The van der Waals surface area contributed by atoms with E-state index in [0.717, 1.165) is 6.07 Å². The van der Waals surface area contributed by atoms with Crippen LogP contribution in [0.5, 0.6) is 0 Å². The summed E-state index contributed by atoms with van der Waals surface area (Å²) in [5.74, 6) is -0.552. The first kappa shape index (κ1) is 17.4. The summed E-state index contributed by atoms with van der Waals surface area (Å²) in [6, 6.07) is 5.62. The largest absolute Gasteiger partial charge is 0.433 e. The summed E-state index contributed by atoms with van der Waals surface area (Å²) in [4.78, 5) is 17.0. The van der Waals surface area contributed by atoms with Crippen molar-refractivity contribution < 1.29 is 18.0 Å². The molecular formula is C16H15F3N4OS. The lowest BCUT2D eigenvalue weighted by Crippen LogP contribution is -2.40. The van der Waals surface area contributed by atoms with Crippen molar-refractivity contribution in [3.05, 3.63) is 41.0 Å². The molecule has 3 heterocycles. The lowest BCUT2D eigenvalue weighted by Gasteiger charge is -2.19. The summed E-state index contributed by atoms with van der Waals surface area (Å²) in [6.45, 7) is 5.32. The molecule has 0 aliphatic heterocycles. The number of thiophene rings is 1. The first-order valence-corrected chi connectivity index (χ1v) is 8.27. The van der Waals surface area contributed by atoms with Crippen LogP contribution in [-0.4, -0.2) is 26.0 Å². The molecule has 0 aliphatic carbocycles. The lowest BCUT2D eigenvalue weighted by molar-refractivity contribution is -0.142. The van der Waals surface area contributed by atoms with E-state index in [1.54, 1.807) is 38.3 Å². The van der Waals surface area contributed by atoms with Crippen LogP contribution in [-0.2, 0) is 6.18 Å². The van der Waals surface area contributed by atoms with Crippen molar-refractivity contribution in [2.24, 2.45) is 0 Å². The number of aromatic nitrogens is 3. The predicted molar refractivity (Wildman–Crippen MR) is 88.5 cm³/mol. The molecule has 0 bridgehead atoms. The summed E-state index contributed by atoms with van der Waals surface area (Å²) in [7, 11) is 0. The van der Waals surface area contributed by atoms with Crippen molar-refractivity contribution in [2.75, 3.05) is 0 Å². The SMILES string of the molecule is CC(C)(C)NC(=O)c1cc2nc(-c3cccs3)cc(C(F)(F)F)n2n1. The average Bonchev–Trinajstić information content (AvgIpc) is 3.12. The minimum atomic E-state index is -4.63. The van der Waals surface area contributed by atoms with Gasteiger partial charge in [-0.15, -0.1) is 11.3 Å². The van der Waals surface area contributed by atoms with E-state index in [1.807, 2.05) is 0 Å². The van der Waals surface area contributed by atoms with E-state index in [9.17, 15) is 18.0 Å². The van der Waals surface area contributed by atoms with Gasteiger partial charge in [-0.25, -0.2) is 9.50 Å². The lowest BCUT2D eigenvalue weighted by atomic mass is 10.1. The molecule has 0 atom stereocenters. The minimum Gasteiger partial charge on any atom is -0.346 e. The highest BCUT2D eigenvalue weighted by molar-refractivity contribution is 7.13. The fraction of sp³-hybridized carbons (Fsp3) is 0.312. The number of amides is 1. The van der Waals surface area contributed by atoms with Crippen LogP contribution in [0.3, 0.4) is 0 Å². The Morgan fingerprint density at radius 3 is 2.52 bits per heavy atom. The van der Waals surface area contributed by atoms with E-state index < -0.39 is 23.3 Å². The van der Waals surface area contributed by atoms with E-state index >= 15 is 0 Å². The van der Waals surface area contributed by atoms with E-state index in [0.29, 0.717) is 9.39 Å². The number of nitrogens with zero attached hydrogens (tertiary/aromatic N) is 3. The highest BCUT2D eigenvalue weighted by atomic mass is 32.1. The number of hydrogen-bond donors (Lipinski definition) is 1. The third-order valence-electron chi connectivity index (χ3n) is 3.21. The van der Waals surface area contributed by atoms with Crippen molar-refractivity contribution in [1.29, 1.82) is 0 Å². The van der Waals surface area contributed by atoms with Gasteiger partial charge in [0.05, 0.1) is 10.6 Å². The zero-order valence-corrected chi connectivity index (χ0v) is 14.5. The summed E-state index contributed by atoms with van der Waals surface area (Å²) in [5.41, 5.74) is -1.46. The molecule has 9 heteroatoms. The zero-order chi connectivity index (χ0) is 18.4. The molecule has 0 aliphatic rings.